The van der Waals surface area contributed by atoms with Crippen molar-refractivity contribution in [2.75, 3.05) is 19.8 Å². The molecule has 4 nitrogen and oxygen atoms in total. The second-order valence-corrected chi connectivity index (χ2v) is 7.31. The van der Waals surface area contributed by atoms with E-state index < -0.39 is 0 Å². The monoisotopic (exact) mass is 453 g/mol. The van der Waals surface area contributed by atoms with Crippen molar-refractivity contribution in [2.45, 2.75) is 18.9 Å². The van der Waals surface area contributed by atoms with Crippen molar-refractivity contribution < 1.29 is 18.7 Å². The van der Waals surface area contributed by atoms with Gasteiger partial charge in [-0.2, -0.15) is 0 Å². The van der Waals surface area contributed by atoms with Crippen LogP contribution in [0.4, 0.5) is 4.39 Å². The minimum atomic E-state index is -0.332. The van der Waals surface area contributed by atoms with Crippen LogP contribution in [0.1, 0.15) is 34.8 Å². The average molecular weight is 453 g/mol. The first kappa shape index (κ1) is 16.6. The fourth-order valence-corrected chi connectivity index (χ4v) is 4.22. The van der Waals surface area contributed by atoms with Gasteiger partial charge in [-0.1, -0.05) is 12.1 Å². The number of benzene rings is 2. The molecule has 0 bridgehead atoms. The molecular formula is C19H17FINO3. The van der Waals surface area contributed by atoms with Crippen molar-refractivity contribution in [2.24, 2.45) is 0 Å². The maximum Gasteiger partial charge on any atom is 0.255 e. The number of hydrogen-bond donors (Lipinski definition) is 0. The zero-order valence-corrected chi connectivity index (χ0v) is 15.7. The van der Waals surface area contributed by atoms with Gasteiger partial charge in [-0.15, -0.1) is 0 Å². The normalized spacial score (nSPS) is 19.1. The van der Waals surface area contributed by atoms with Gasteiger partial charge in [0.15, 0.2) is 11.5 Å². The summed E-state index contributed by atoms with van der Waals surface area (Å²) in [5.41, 5.74) is 1.52. The molecule has 1 unspecified atom stereocenters. The Morgan fingerprint density at radius 3 is 2.88 bits per heavy atom. The lowest BCUT2D eigenvalue weighted by Crippen LogP contribution is -2.31. The lowest BCUT2D eigenvalue weighted by molar-refractivity contribution is 0.0729. The van der Waals surface area contributed by atoms with Crippen molar-refractivity contribution in [1.29, 1.82) is 0 Å². The number of para-hydroxylation sites is 1. The molecule has 1 fully saturated rings. The fraction of sp³-hybridized carbons (Fsp3) is 0.316. The Labute approximate surface area is 159 Å². The molecule has 6 heteroatoms. The van der Waals surface area contributed by atoms with Gasteiger partial charge in [0.05, 0.1) is 11.6 Å². The molecule has 0 N–H and O–H groups in total. The Hall–Kier alpha value is -1.83. The van der Waals surface area contributed by atoms with E-state index in [9.17, 15) is 9.18 Å². The van der Waals surface area contributed by atoms with Gasteiger partial charge in [0, 0.05) is 15.7 Å². The van der Waals surface area contributed by atoms with Gasteiger partial charge in [-0.25, -0.2) is 4.39 Å². The molecule has 130 valence electrons. The van der Waals surface area contributed by atoms with E-state index in [2.05, 4.69) is 0 Å². The molecule has 2 aromatic rings. The van der Waals surface area contributed by atoms with E-state index >= 15 is 0 Å². The third kappa shape index (κ3) is 3.07. The summed E-state index contributed by atoms with van der Waals surface area (Å²) in [7, 11) is 0. The summed E-state index contributed by atoms with van der Waals surface area (Å²) in [4.78, 5) is 14.9. The topological polar surface area (TPSA) is 38.8 Å². The largest absolute Gasteiger partial charge is 0.486 e. The van der Waals surface area contributed by atoms with Crippen LogP contribution in [0.3, 0.4) is 0 Å². The highest BCUT2D eigenvalue weighted by Crippen LogP contribution is 2.43. The first-order chi connectivity index (χ1) is 12.1. The number of fused-ring (bicyclic) bond motifs is 1. The average Bonchev–Trinajstić information content (AvgIpc) is 3.10. The van der Waals surface area contributed by atoms with Crippen molar-refractivity contribution >= 4 is 28.5 Å². The zero-order valence-electron chi connectivity index (χ0n) is 13.5. The molecule has 0 spiro atoms. The number of ether oxygens (including phenoxy) is 2. The molecule has 25 heavy (non-hydrogen) atoms. The molecule has 2 aliphatic heterocycles. The smallest absolute Gasteiger partial charge is 0.255 e. The molecule has 4 rings (SSSR count). The van der Waals surface area contributed by atoms with E-state index in [1.165, 1.54) is 12.1 Å². The van der Waals surface area contributed by atoms with Crippen LogP contribution in [-0.4, -0.2) is 30.6 Å². The number of carbonyl (C=O) groups is 1. The van der Waals surface area contributed by atoms with Crippen LogP contribution in [-0.2, 0) is 0 Å². The molecule has 2 aromatic carbocycles. The lowest BCUT2D eigenvalue weighted by atomic mass is 10.0. The fourth-order valence-electron chi connectivity index (χ4n) is 3.51. The quantitative estimate of drug-likeness (QED) is 0.641. The second-order valence-electron chi connectivity index (χ2n) is 6.15. The Balaban J connectivity index is 1.68. The van der Waals surface area contributed by atoms with Gasteiger partial charge in [0.1, 0.15) is 19.0 Å². The van der Waals surface area contributed by atoms with Gasteiger partial charge in [0.2, 0.25) is 0 Å². The van der Waals surface area contributed by atoms with Gasteiger partial charge in [-0.3, -0.25) is 4.79 Å². The molecule has 0 saturated carbocycles. The van der Waals surface area contributed by atoms with Crippen LogP contribution in [0.25, 0.3) is 0 Å². The number of hydrogen-bond acceptors (Lipinski definition) is 3. The molecular weight excluding hydrogens is 436 g/mol. The predicted octanol–water partition coefficient (Wildman–Crippen LogP) is 4.18. The maximum atomic E-state index is 13.4. The predicted molar refractivity (Wildman–Crippen MR) is 99.6 cm³/mol. The molecule has 0 aromatic heterocycles. The number of amides is 1. The standard InChI is InChI=1S/C19H17FINO3/c20-12-6-7-13(15(21)11-12)19(23)22-8-2-4-16(22)14-3-1-5-17-18(14)25-10-9-24-17/h1,3,5-7,11,16H,2,4,8-10H2. The Morgan fingerprint density at radius 1 is 1.20 bits per heavy atom. The molecule has 0 aliphatic carbocycles. The number of likely N-dealkylation sites (tertiary alicyclic amines) is 1. The van der Waals surface area contributed by atoms with E-state index in [0.29, 0.717) is 28.9 Å². The number of carbonyl (C=O) groups excluding carboxylic acids is 1. The third-order valence-corrected chi connectivity index (χ3v) is 5.52. The van der Waals surface area contributed by atoms with Gasteiger partial charge in [-0.05, 0) is 59.7 Å². The maximum absolute atomic E-state index is 13.4. The van der Waals surface area contributed by atoms with Crippen molar-refractivity contribution in [3.8, 4) is 11.5 Å². The summed E-state index contributed by atoms with van der Waals surface area (Å²) in [5.74, 6) is 1.08. The van der Waals surface area contributed by atoms with Crippen molar-refractivity contribution in [3.05, 3.63) is 56.9 Å². The van der Waals surface area contributed by atoms with E-state index in [4.69, 9.17) is 9.47 Å². The molecule has 2 aliphatic rings. The van der Waals surface area contributed by atoms with E-state index in [0.717, 1.165) is 29.9 Å². The molecule has 1 amide bonds. The van der Waals surface area contributed by atoms with Gasteiger partial charge < -0.3 is 14.4 Å². The molecule has 2 heterocycles. The zero-order chi connectivity index (χ0) is 17.4. The van der Waals surface area contributed by atoms with Gasteiger partial charge in [0.25, 0.3) is 5.91 Å². The van der Waals surface area contributed by atoms with Crippen LogP contribution in [0.5, 0.6) is 11.5 Å². The van der Waals surface area contributed by atoms with Crippen LogP contribution < -0.4 is 9.47 Å². The minimum Gasteiger partial charge on any atom is -0.486 e. The number of halogens is 2. The summed E-state index contributed by atoms with van der Waals surface area (Å²) in [6, 6.07) is 10.1. The third-order valence-electron chi connectivity index (χ3n) is 4.63. The van der Waals surface area contributed by atoms with Crippen LogP contribution in [0.15, 0.2) is 36.4 Å². The second kappa shape index (κ2) is 6.82. The minimum absolute atomic E-state index is 0.0509. The van der Waals surface area contributed by atoms with E-state index in [1.807, 2.05) is 45.7 Å². The highest BCUT2D eigenvalue weighted by molar-refractivity contribution is 14.1. The Morgan fingerprint density at radius 2 is 2.04 bits per heavy atom. The Kier molecular flexibility index (Phi) is 4.54. The van der Waals surface area contributed by atoms with Crippen LogP contribution in [0.2, 0.25) is 0 Å². The first-order valence-corrected chi connectivity index (χ1v) is 9.37. The summed E-state index contributed by atoms with van der Waals surface area (Å²) in [5, 5.41) is 0. The molecule has 0 radical (unpaired) electrons. The lowest BCUT2D eigenvalue weighted by Gasteiger charge is -2.29. The van der Waals surface area contributed by atoms with E-state index in [-0.39, 0.29) is 17.8 Å². The summed E-state index contributed by atoms with van der Waals surface area (Å²) >= 11 is 2.01. The number of nitrogens with zero attached hydrogens (tertiary/aromatic N) is 1. The first-order valence-electron chi connectivity index (χ1n) is 8.29. The summed E-state index contributed by atoms with van der Waals surface area (Å²) < 4.78 is 25.5. The van der Waals surface area contributed by atoms with Crippen molar-refractivity contribution in [1.82, 2.24) is 4.90 Å². The Bertz CT molecular complexity index is 826. The summed E-state index contributed by atoms with van der Waals surface area (Å²) in [6.45, 7) is 1.74. The van der Waals surface area contributed by atoms with E-state index in [1.54, 1.807) is 6.07 Å². The van der Waals surface area contributed by atoms with Crippen LogP contribution in [0, 0.1) is 9.39 Å². The highest BCUT2D eigenvalue weighted by Gasteiger charge is 2.34. The summed E-state index contributed by atoms with van der Waals surface area (Å²) in [6.07, 6.45) is 1.81. The van der Waals surface area contributed by atoms with Gasteiger partial charge >= 0.3 is 0 Å². The van der Waals surface area contributed by atoms with Crippen LogP contribution >= 0.6 is 22.6 Å². The molecule has 1 saturated heterocycles. The molecule has 1 atom stereocenters. The van der Waals surface area contributed by atoms with Crippen molar-refractivity contribution in [3.63, 3.8) is 0 Å². The highest BCUT2D eigenvalue weighted by atomic mass is 127. The number of rotatable bonds is 2. The SMILES string of the molecule is O=C(c1ccc(F)cc1I)N1CCCC1c1cccc2c1OCCO2.